The SMILES string of the molecule is COc1nn(C)cc1-c1cc(O[C@@H]2COC[C@H]2O)c2c(Nc3ccc4ncsc4c3)ncnc2c1. The maximum Gasteiger partial charge on any atom is 0.240 e. The highest BCUT2D eigenvalue weighted by molar-refractivity contribution is 7.16. The molecule has 1 aliphatic heterocycles. The first-order chi connectivity index (χ1) is 17.1. The Balaban J connectivity index is 1.49. The fourth-order valence-corrected chi connectivity index (χ4v) is 4.90. The molecule has 0 bridgehead atoms. The summed E-state index contributed by atoms with van der Waals surface area (Å²) in [7, 11) is 3.42. The second-order valence-electron chi connectivity index (χ2n) is 8.24. The van der Waals surface area contributed by atoms with Crippen molar-refractivity contribution in [3.8, 4) is 22.8 Å². The second-order valence-corrected chi connectivity index (χ2v) is 9.12. The summed E-state index contributed by atoms with van der Waals surface area (Å²) < 4.78 is 20.0. The highest BCUT2D eigenvalue weighted by atomic mass is 32.1. The predicted molar refractivity (Wildman–Crippen MR) is 132 cm³/mol. The minimum atomic E-state index is -0.726. The van der Waals surface area contributed by atoms with Crippen molar-refractivity contribution in [1.29, 1.82) is 0 Å². The van der Waals surface area contributed by atoms with E-state index in [2.05, 4.69) is 25.4 Å². The van der Waals surface area contributed by atoms with Gasteiger partial charge in [-0.15, -0.1) is 16.4 Å². The number of benzene rings is 2. The van der Waals surface area contributed by atoms with Gasteiger partial charge in [0.05, 0.1) is 52.5 Å². The molecule has 0 unspecified atom stereocenters. The number of anilines is 2. The summed E-state index contributed by atoms with van der Waals surface area (Å²) >= 11 is 1.58. The number of ether oxygens (including phenoxy) is 3. The molecule has 10 nitrogen and oxygen atoms in total. The summed E-state index contributed by atoms with van der Waals surface area (Å²) in [6.07, 6.45) is 2.15. The van der Waals surface area contributed by atoms with Crippen molar-refractivity contribution in [3.63, 3.8) is 0 Å². The van der Waals surface area contributed by atoms with Gasteiger partial charge in [0.2, 0.25) is 5.88 Å². The van der Waals surface area contributed by atoms with E-state index in [4.69, 9.17) is 14.2 Å². The van der Waals surface area contributed by atoms with Crippen LogP contribution in [0.5, 0.6) is 11.6 Å². The van der Waals surface area contributed by atoms with Crippen molar-refractivity contribution < 1.29 is 19.3 Å². The number of thiazole rings is 1. The summed E-state index contributed by atoms with van der Waals surface area (Å²) in [6, 6.07) is 9.80. The number of nitrogens with one attached hydrogen (secondary N) is 1. The Labute approximate surface area is 204 Å². The van der Waals surface area contributed by atoms with Gasteiger partial charge >= 0.3 is 0 Å². The van der Waals surface area contributed by atoms with Crippen LogP contribution in [-0.4, -0.2) is 62.4 Å². The van der Waals surface area contributed by atoms with E-state index in [1.807, 2.05) is 49.1 Å². The lowest BCUT2D eigenvalue weighted by Crippen LogP contribution is -2.29. The molecule has 0 saturated carbocycles. The van der Waals surface area contributed by atoms with Crippen LogP contribution in [0, 0.1) is 0 Å². The van der Waals surface area contributed by atoms with E-state index in [-0.39, 0.29) is 6.61 Å². The van der Waals surface area contributed by atoms with Crippen molar-refractivity contribution in [2.45, 2.75) is 12.2 Å². The molecule has 4 heterocycles. The lowest BCUT2D eigenvalue weighted by Gasteiger charge is -2.19. The number of aromatic nitrogens is 5. The molecule has 2 aromatic carbocycles. The molecular formula is C24H22N6O4S. The van der Waals surface area contributed by atoms with Gasteiger partial charge in [-0.2, -0.15) is 0 Å². The van der Waals surface area contributed by atoms with Crippen molar-refractivity contribution in [3.05, 3.63) is 48.4 Å². The third-order valence-electron chi connectivity index (χ3n) is 5.87. The third kappa shape index (κ3) is 4.03. The first-order valence-corrected chi connectivity index (χ1v) is 11.9. The first-order valence-electron chi connectivity index (χ1n) is 11.0. The van der Waals surface area contributed by atoms with E-state index in [1.54, 1.807) is 23.1 Å². The molecule has 35 heavy (non-hydrogen) atoms. The molecule has 1 fully saturated rings. The van der Waals surface area contributed by atoms with Gasteiger partial charge in [0.1, 0.15) is 30.1 Å². The summed E-state index contributed by atoms with van der Waals surface area (Å²) in [5.74, 6) is 1.61. The average molecular weight is 491 g/mol. The van der Waals surface area contributed by atoms with Crippen molar-refractivity contribution in [2.24, 2.45) is 7.05 Å². The van der Waals surface area contributed by atoms with Crippen molar-refractivity contribution >= 4 is 44.0 Å². The maximum atomic E-state index is 10.3. The average Bonchev–Trinajstić information content (AvgIpc) is 3.58. The van der Waals surface area contributed by atoms with Gasteiger partial charge in [0.15, 0.2) is 0 Å². The highest BCUT2D eigenvalue weighted by Gasteiger charge is 2.29. The number of nitrogens with zero attached hydrogens (tertiary/aromatic N) is 5. The van der Waals surface area contributed by atoms with E-state index < -0.39 is 12.2 Å². The topological polar surface area (TPSA) is 116 Å². The van der Waals surface area contributed by atoms with Gasteiger partial charge in [-0.1, -0.05) is 0 Å². The third-order valence-corrected chi connectivity index (χ3v) is 6.67. The van der Waals surface area contributed by atoms with E-state index >= 15 is 0 Å². The lowest BCUT2D eigenvalue weighted by atomic mass is 10.0. The van der Waals surface area contributed by atoms with Crippen LogP contribution in [-0.2, 0) is 11.8 Å². The number of aliphatic hydroxyl groups is 1. The van der Waals surface area contributed by atoms with Crippen LogP contribution in [0.3, 0.4) is 0 Å². The summed E-state index contributed by atoms with van der Waals surface area (Å²) in [5, 5.41) is 18.8. The predicted octanol–water partition coefficient (Wildman–Crippen LogP) is 3.53. The Morgan fingerprint density at radius 3 is 2.89 bits per heavy atom. The molecule has 6 rings (SSSR count). The van der Waals surface area contributed by atoms with E-state index in [0.717, 1.165) is 27.0 Å². The van der Waals surface area contributed by atoms with Crippen molar-refractivity contribution in [2.75, 3.05) is 25.6 Å². The van der Waals surface area contributed by atoms with Crippen LogP contribution in [0.25, 0.3) is 32.2 Å². The zero-order chi connectivity index (χ0) is 23.9. The van der Waals surface area contributed by atoms with Gasteiger partial charge in [-0.05, 0) is 35.9 Å². The summed E-state index contributed by atoms with van der Waals surface area (Å²) in [6.45, 7) is 0.525. The quantitative estimate of drug-likeness (QED) is 0.369. The molecule has 0 spiro atoms. The molecule has 0 aliphatic carbocycles. The molecule has 0 amide bonds. The molecule has 1 saturated heterocycles. The standard InChI is InChI=1S/C24H22N6O4S/c1-30-8-15(24(29-30)32-2)13-5-17-22(19(6-13)34-20-10-33-9-18(20)31)23(26-11-25-17)28-14-3-4-16-21(7-14)35-12-27-16/h3-8,11-12,18,20,31H,9-10H2,1-2H3,(H,25,26,28)/t18-,20-/m1/s1. The molecule has 5 aromatic rings. The lowest BCUT2D eigenvalue weighted by molar-refractivity contribution is 0.0743. The van der Waals surface area contributed by atoms with Crippen LogP contribution in [0.4, 0.5) is 11.5 Å². The van der Waals surface area contributed by atoms with Crippen LogP contribution < -0.4 is 14.8 Å². The molecule has 178 valence electrons. The van der Waals surface area contributed by atoms with Gasteiger partial charge in [-0.3, -0.25) is 4.68 Å². The zero-order valence-electron chi connectivity index (χ0n) is 19.0. The monoisotopic (exact) mass is 490 g/mol. The number of aryl methyl sites for hydroxylation is 1. The Bertz CT molecular complexity index is 1530. The van der Waals surface area contributed by atoms with E-state index in [0.29, 0.717) is 35.0 Å². The molecule has 2 N–H and O–H groups in total. The molecule has 1 aliphatic rings. The number of hydrogen-bond acceptors (Lipinski definition) is 10. The Morgan fingerprint density at radius 1 is 1.14 bits per heavy atom. The first kappa shape index (κ1) is 21.7. The van der Waals surface area contributed by atoms with Gasteiger partial charge < -0.3 is 24.6 Å². The number of hydrogen-bond donors (Lipinski definition) is 2. The normalized spacial score (nSPS) is 17.8. The molecule has 11 heteroatoms. The molecule has 0 radical (unpaired) electrons. The fraction of sp³-hybridized carbons (Fsp3) is 0.250. The Kier molecular flexibility index (Phi) is 5.44. The van der Waals surface area contributed by atoms with Gasteiger partial charge in [-0.25, -0.2) is 15.0 Å². The minimum absolute atomic E-state index is 0.231. The van der Waals surface area contributed by atoms with Crippen LogP contribution in [0.15, 0.2) is 48.4 Å². The second kappa shape index (κ2) is 8.77. The van der Waals surface area contributed by atoms with E-state index in [9.17, 15) is 5.11 Å². The minimum Gasteiger partial charge on any atom is -0.484 e. The van der Waals surface area contributed by atoms with Crippen LogP contribution >= 0.6 is 11.3 Å². The highest BCUT2D eigenvalue weighted by Crippen LogP contribution is 2.39. The zero-order valence-corrected chi connectivity index (χ0v) is 19.8. The summed E-state index contributed by atoms with van der Waals surface area (Å²) in [5.41, 5.74) is 5.94. The van der Waals surface area contributed by atoms with Crippen LogP contribution in [0.1, 0.15) is 0 Å². The Hall–Kier alpha value is -3.80. The van der Waals surface area contributed by atoms with Gasteiger partial charge in [0.25, 0.3) is 0 Å². The van der Waals surface area contributed by atoms with Crippen LogP contribution in [0.2, 0.25) is 0 Å². The maximum absolute atomic E-state index is 10.3. The summed E-state index contributed by atoms with van der Waals surface area (Å²) in [4.78, 5) is 13.4. The molecule has 2 atom stereocenters. The molecule has 3 aromatic heterocycles. The van der Waals surface area contributed by atoms with Gasteiger partial charge in [0, 0.05) is 18.9 Å². The number of fused-ring (bicyclic) bond motifs is 2. The Morgan fingerprint density at radius 2 is 2.06 bits per heavy atom. The smallest absolute Gasteiger partial charge is 0.240 e. The number of aliphatic hydroxyl groups excluding tert-OH is 1. The number of methoxy groups -OCH3 is 1. The number of rotatable bonds is 6. The molecular weight excluding hydrogens is 468 g/mol. The van der Waals surface area contributed by atoms with Crippen molar-refractivity contribution in [1.82, 2.24) is 24.7 Å². The van der Waals surface area contributed by atoms with E-state index in [1.165, 1.54) is 6.33 Å². The largest absolute Gasteiger partial charge is 0.484 e. The fourth-order valence-electron chi connectivity index (χ4n) is 4.18.